The number of benzene rings is 1. The zero-order valence-corrected chi connectivity index (χ0v) is 9.54. The smallest absolute Gasteiger partial charge is 0.272 e. The first-order chi connectivity index (χ1) is 7.46. The lowest BCUT2D eigenvalue weighted by Crippen LogP contribution is -2.37. The fraction of sp³-hybridized carbons (Fsp3) is 0.300. The highest BCUT2D eigenvalue weighted by Crippen LogP contribution is 2.30. The zero-order valence-electron chi connectivity index (χ0n) is 8.73. The van der Waals surface area contributed by atoms with Crippen molar-refractivity contribution in [2.75, 3.05) is 5.32 Å². The lowest BCUT2D eigenvalue weighted by Gasteiger charge is -2.23. The van der Waals surface area contributed by atoms with Crippen molar-refractivity contribution in [3.63, 3.8) is 0 Å². The number of nitrogens with one attached hydrogen (secondary N) is 1. The first kappa shape index (κ1) is 11.1. The monoisotopic (exact) mass is 240 g/mol. The molecule has 2 rings (SSSR count). The number of nitrogens with two attached hydrogens (primary N) is 1. The number of anilines is 1. The van der Waals surface area contributed by atoms with Gasteiger partial charge in [-0.25, -0.2) is 8.42 Å². The van der Waals surface area contributed by atoms with Crippen molar-refractivity contribution in [3.05, 3.63) is 23.8 Å². The van der Waals surface area contributed by atoms with Crippen molar-refractivity contribution in [3.8, 4) is 0 Å². The van der Waals surface area contributed by atoms with E-state index in [0.29, 0.717) is 11.3 Å². The minimum atomic E-state index is -3.86. The van der Waals surface area contributed by atoms with Gasteiger partial charge in [0.1, 0.15) is 0 Å². The number of carbonyl (C=O) groups is 1. The minimum absolute atomic E-state index is 0.0264. The molecule has 0 saturated heterocycles. The fourth-order valence-electron chi connectivity index (χ4n) is 1.67. The van der Waals surface area contributed by atoms with Crippen LogP contribution in [-0.4, -0.2) is 19.6 Å². The third kappa shape index (κ3) is 1.50. The standard InChI is InChI=1S/C10H12N2O3S/c1-6-10(13)16(14,15)9-4-7(5-11)2-3-8(9)12-6/h2-4,6,12H,5,11H2,1H3. The Morgan fingerprint density at radius 2 is 2.12 bits per heavy atom. The fourth-order valence-corrected chi connectivity index (χ4v) is 3.13. The van der Waals surface area contributed by atoms with E-state index in [9.17, 15) is 13.2 Å². The molecule has 1 aliphatic rings. The maximum Gasteiger partial charge on any atom is 0.272 e. The number of rotatable bonds is 1. The maximum atomic E-state index is 11.9. The molecule has 1 atom stereocenters. The van der Waals surface area contributed by atoms with Gasteiger partial charge in [-0.2, -0.15) is 0 Å². The van der Waals surface area contributed by atoms with E-state index in [2.05, 4.69) is 5.32 Å². The number of hydrogen-bond donors (Lipinski definition) is 2. The van der Waals surface area contributed by atoms with Crippen LogP contribution in [0.15, 0.2) is 23.1 Å². The van der Waals surface area contributed by atoms with E-state index in [1.807, 2.05) is 0 Å². The predicted octanol–water partition coefficient (Wildman–Crippen LogP) is 0.260. The van der Waals surface area contributed by atoms with Crippen LogP contribution in [0, 0.1) is 0 Å². The van der Waals surface area contributed by atoms with E-state index in [0.717, 1.165) is 0 Å². The van der Waals surface area contributed by atoms with Gasteiger partial charge in [0, 0.05) is 6.54 Å². The van der Waals surface area contributed by atoms with Crippen LogP contribution in [0.3, 0.4) is 0 Å². The molecule has 0 aliphatic carbocycles. The molecule has 1 heterocycles. The second-order valence-electron chi connectivity index (χ2n) is 3.72. The van der Waals surface area contributed by atoms with E-state index in [4.69, 9.17) is 5.73 Å². The summed E-state index contributed by atoms with van der Waals surface area (Å²) in [5.74, 6) is 0. The van der Waals surface area contributed by atoms with Gasteiger partial charge in [-0.15, -0.1) is 0 Å². The van der Waals surface area contributed by atoms with Crippen LogP contribution in [0.2, 0.25) is 0 Å². The summed E-state index contributed by atoms with van der Waals surface area (Å²) in [6.45, 7) is 1.77. The van der Waals surface area contributed by atoms with Crippen LogP contribution in [0.5, 0.6) is 0 Å². The molecule has 1 aromatic carbocycles. The molecule has 3 N–H and O–H groups in total. The van der Waals surface area contributed by atoms with E-state index in [1.54, 1.807) is 12.1 Å². The summed E-state index contributed by atoms with van der Waals surface area (Å²) < 4.78 is 23.7. The van der Waals surface area contributed by atoms with Crippen molar-refractivity contribution in [2.24, 2.45) is 5.73 Å². The molecule has 0 amide bonds. The van der Waals surface area contributed by atoms with Gasteiger partial charge in [-0.1, -0.05) is 6.07 Å². The van der Waals surface area contributed by atoms with E-state index < -0.39 is 21.0 Å². The number of fused-ring (bicyclic) bond motifs is 1. The Morgan fingerprint density at radius 1 is 1.44 bits per heavy atom. The first-order valence-corrected chi connectivity index (χ1v) is 6.33. The summed E-state index contributed by atoms with van der Waals surface area (Å²) in [5.41, 5.74) is 6.58. The highest BCUT2D eigenvalue weighted by molar-refractivity contribution is 8.06. The van der Waals surface area contributed by atoms with Crippen molar-refractivity contribution in [2.45, 2.75) is 24.4 Å². The molecule has 1 unspecified atom stereocenters. The Labute approximate surface area is 93.6 Å². The van der Waals surface area contributed by atoms with E-state index in [1.165, 1.54) is 13.0 Å². The largest absolute Gasteiger partial charge is 0.373 e. The summed E-state index contributed by atoms with van der Waals surface area (Å²) in [6, 6.07) is 4.12. The van der Waals surface area contributed by atoms with Crippen LogP contribution in [0.4, 0.5) is 5.69 Å². The predicted molar refractivity (Wildman–Crippen MR) is 59.6 cm³/mol. The SMILES string of the molecule is CC1Nc2ccc(CN)cc2S(=O)(=O)C1=O. The molecule has 0 radical (unpaired) electrons. The highest BCUT2D eigenvalue weighted by atomic mass is 32.2. The molecule has 16 heavy (non-hydrogen) atoms. The lowest BCUT2D eigenvalue weighted by atomic mass is 10.2. The van der Waals surface area contributed by atoms with Crippen LogP contribution < -0.4 is 11.1 Å². The number of sulfone groups is 1. The molecule has 0 aromatic heterocycles. The van der Waals surface area contributed by atoms with Gasteiger partial charge >= 0.3 is 0 Å². The Balaban J connectivity index is 2.67. The van der Waals surface area contributed by atoms with Crippen LogP contribution in [0.25, 0.3) is 0 Å². The molecule has 1 aromatic rings. The average molecular weight is 240 g/mol. The van der Waals surface area contributed by atoms with Crippen LogP contribution in [0.1, 0.15) is 12.5 Å². The molecule has 1 aliphatic heterocycles. The molecular formula is C10H12N2O3S. The first-order valence-electron chi connectivity index (χ1n) is 4.85. The van der Waals surface area contributed by atoms with Crippen molar-refractivity contribution in [1.29, 1.82) is 0 Å². The van der Waals surface area contributed by atoms with Crippen molar-refractivity contribution >= 4 is 20.6 Å². The second kappa shape index (κ2) is 3.57. The molecule has 0 fully saturated rings. The molecule has 5 nitrogen and oxygen atoms in total. The zero-order chi connectivity index (χ0) is 11.9. The Morgan fingerprint density at radius 3 is 2.75 bits per heavy atom. The summed E-state index contributed by atoms with van der Waals surface area (Å²) >= 11 is 0. The summed E-state index contributed by atoms with van der Waals surface area (Å²) in [6.07, 6.45) is 0. The third-order valence-corrected chi connectivity index (χ3v) is 4.36. The van der Waals surface area contributed by atoms with Crippen molar-refractivity contribution < 1.29 is 13.2 Å². The van der Waals surface area contributed by atoms with Gasteiger partial charge < -0.3 is 11.1 Å². The maximum absolute atomic E-state index is 11.9. The van der Waals surface area contributed by atoms with Gasteiger partial charge in [0.2, 0.25) is 9.84 Å². The van der Waals surface area contributed by atoms with E-state index >= 15 is 0 Å². The summed E-state index contributed by atoms with van der Waals surface area (Å²) in [7, 11) is -3.86. The van der Waals surface area contributed by atoms with Gasteiger partial charge in [0.25, 0.3) is 5.12 Å². The Bertz CT molecular complexity index is 551. The minimum Gasteiger partial charge on any atom is -0.373 e. The Hall–Kier alpha value is -1.40. The topological polar surface area (TPSA) is 89.3 Å². The van der Waals surface area contributed by atoms with Crippen LogP contribution in [-0.2, 0) is 21.2 Å². The molecular weight excluding hydrogens is 228 g/mol. The summed E-state index contributed by atoms with van der Waals surface area (Å²) in [4.78, 5) is 11.6. The lowest BCUT2D eigenvalue weighted by molar-refractivity contribution is -0.112. The molecule has 0 spiro atoms. The number of carbonyl (C=O) groups excluding carboxylic acids is 1. The third-order valence-electron chi connectivity index (χ3n) is 2.56. The van der Waals surface area contributed by atoms with E-state index in [-0.39, 0.29) is 11.4 Å². The quantitative estimate of drug-likeness (QED) is 0.735. The van der Waals surface area contributed by atoms with Gasteiger partial charge in [-0.05, 0) is 24.6 Å². The molecule has 86 valence electrons. The number of hydrogen-bond acceptors (Lipinski definition) is 5. The van der Waals surface area contributed by atoms with Gasteiger partial charge in [0.15, 0.2) is 0 Å². The average Bonchev–Trinajstić information content (AvgIpc) is 2.26. The van der Waals surface area contributed by atoms with Gasteiger partial charge in [-0.3, -0.25) is 4.79 Å². The molecule has 6 heteroatoms. The Kier molecular flexibility index (Phi) is 2.47. The normalized spacial score (nSPS) is 22.4. The molecule has 0 saturated carbocycles. The second-order valence-corrected chi connectivity index (χ2v) is 5.57. The molecule has 0 bridgehead atoms. The highest BCUT2D eigenvalue weighted by Gasteiger charge is 2.36. The van der Waals surface area contributed by atoms with Crippen LogP contribution >= 0.6 is 0 Å². The van der Waals surface area contributed by atoms with Gasteiger partial charge in [0.05, 0.1) is 16.6 Å². The van der Waals surface area contributed by atoms with Crippen molar-refractivity contribution in [1.82, 2.24) is 0 Å². The summed E-state index contributed by atoms with van der Waals surface area (Å²) in [5, 5.41) is 2.05.